The van der Waals surface area contributed by atoms with Crippen LogP contribution in [0.3, 0.4) is 0 Å². The molecule has 0 N–H and O–H groups in total. The average Bonchev–Trinajstić information content (AvgIpc) is 3.41. The molecular weight excluding hydrogens is 436 g/mol. The molecular formula is C26H24O6Si. The fraction of sp³-hybridized carbons (Fsp3) is 0.269. The number of carbonyl (C=O) groups is 1. The Morgan fingerprint density at radius 2 is 1.58 bits per heavy atom. The third kappa shape index (κ3) is 3.57. The van der Waals surface area contributed by atoms with Crippen LogP contribution in [0.1, 0.15) is 21.5 Å². The number of benzene rings is 3. The van der Waals surface area contributed by atoms with Gasteiger partial charge in [0.25, 0.3) is 0 Å². The van der Waals surface area contributed by atoms with Gasteiger partial charge < -0.3 is 23.7 Å². The number of carbonyl (C=O) groups excluding carboxylic acids is 1. The standard InChI is InChI=1S/C26H24O6Si/c1-28-21-11-17-16(8-9-33(3,4)5)19-13-30-26(27)25(19)24(18(17)12-22(21)29-2)15-6-7-20-23(10-15)32-14-31-20/h6-7,10-12H,13-14H2,1-5H3. The van der Waals surface area contributed by atoms with Crippen molar-refractivity contribution in [2.24, 2.45) is 0 Å². The molecule has 0 saturated heterocycles. The van der Waals surface area contributed by atoms with Crippen LogP contribution in [0.4, 0.5) is 0 Å². The summed E-state index contributed by atoms with van der Waals surface area (Å²) in [5, 5.41) is 1.73. The van der Waals surface area contributed by atoms with Gasteiger partial charge in [0.1, 0.15) is 14.7 Å². The summed E-state index contributed by atoms with van der Waals surface area (Å²) in [6.07, 6.45) is 0. The first-order valence-corrected chi connectivity index (χ1v) is 14.2. The number of fused-ring (bicyclic) bond motifs is 3. The van der Waals surface area contributed by atoms with Gasteiger partial charge in [-0.1, -0.05) is 31.6 Å². The maximum atomic E-state index is 13.0. The van der Waals surface area contributed by atoms with E-state index in [9.17, 15) is 4.79 Å². The normalized spacial score (nSPS) is 13.9. The lowest BCUT2D eigenvalue weighted by molar-refractivity contribution is 0.0535. The number of cyclic esters (lactones) is 1. The fourth-order valence-corrected chi connectivity index (χ4v) is 4.69. The first kappa shape index (κ1) is 21.2. The Morgan fingerprint density at radius 1 is 0.879 bits per heavy atom. The van der Waals surface area contributed by atoms with E-state index in [1.807, 2.05) is 30.3 Å². The minimum absolute atomic E-state index is 0.177. The summed E-state index contributed by atoms with van der Waals surface area (Å²) in [6.45, 7) is 6.93. The predicted octanol–water partition coefficient (Wildman–Crippen LogP) is 5.15. The maximum Gasteiger partial charge on any atom is 0.339 e. The van der Waals surface area contributed by atoms with Gasteiger partial charge in [0, 0.05) is 22.1 Å². The van der Waals surface area contributed by atoms with Gasteiger partial charge in [-0.05, 0) is 35.2 Å². The van der Waals surface area contributed by atoms with Crippen molar-refractivity contribution < 1.29 is 28.5 Å². The van der Waals surface area contributed by atoms with Gasteiger partial charge in [-0.3, -0.25) is 0 Å². The largest absolute Gasteiger partial charge is 0.493 e. The van der Waals surface area contributed by atoms with Crippen LogP contribution in [0, 0.1) is 11.5 Å². The fourth-order valence-electron chi connectivity index (χ4n) is 4.19. The highest BCUT2D eigenvalue weighted by Gasteiger charge is 2.32. The minimum Gasteiger partial charge on any atom is -0.493 e. The highest BCUT2D eigenvalue weighted by Crippen LogP contribution is 2.46. The Kier molecular flexibility index (Phi) is 4.98. The molecule has 0 aliphatic carbocycles. The van der Waals surface area contributed by atoms with E-state index in [1.54, 1.807) is 14.2 Å². The molecule has 0 bridgehead atoms. The second kappa shape index (κ2) is 7.75. The lowest BCUT2D eigenvalue weighted by Crippen LogP contribution is -2.16. The van der Waals surface area contributed by atoms with Gasteiger partial charge in [-0.2, -0.15) is 0 Å². The molecule has 3 aromatic rings. The molecule has 7 heteroatoms. The van der Waals surface area contributed by atoms with Gasteiger partial charge in [0.05, 0.1) is 19.8 Å². The number of rotatable bonds is 3. The molecule has 0 unspecified atom stereocenters. The van der Waals surface area contributed by atoms with Crippen molar-refractivity contribution in [3.05, 3.63) is 47.0 Å². The molecule has 2 heterocycles. The SMILES string of the molecule is COc1cc2c(C#C[Si](C)(C)C)c3c(c(-c4ccc5c(c4)OCO5)c2cc1OC)C(=O)OC3. The van der Waals surface area contributed by atoms with Crippen LogP contribution in [-0.4, -0.2) is 35.1 Å². The van der Waals surface area contributed by atoms with Crippen LogP contribution in [0.5, 0.6) is 23.0 Å². The van der Waals surface area contributed by atoms with Gasteiger partial charge in [-0.15, -0.1) is 5.54 Å². The Labute approximate surface area is 193 Å². The molecule has 0 radical (unpaired) electrons. The molecule has 33 heavy (non-hydrogen) atoms. The Bertz CT molecular complexity index is 1370. The topological polar surface area (TPSA) is 63.2 Å². The molecule has 0 amide bonds. The molecule has 6 nitrogen and oxygen atoms in total. The number of hydrogen-bond donors (Lipinski definition) is 0. The van der Waals surface area contributed by atoms with Crippen molar-refractivity contribution in [1.29, 1.82) is 0 Å². The van der Waals surface area contributed by atoms with E-state index in [2.05, 4.69) is 31.1 Å². The molecule has 0 fully saturated rings. The Morgan fingerprint density at radius 3 is 2.27 bits per heavy atom. The molecule has 168 valence electrons. The minimum atomic E-state index is -1.68. The maximum absolute atomic E-state index is 13.0. The first-order valence-electron chi connectivity index (χ1n) is 10.7. The predicted molar refractivity (Wildman–Crippen MR) is 128 cm³/mol. The summed E-state index contributed by atoms with van der Waals surface area (Å²) >= 11 is 0. The van der Waals surface area contributed by atoms with Gasteiger partial charge in [0.2, 0.25) is 6.79 Å². The zero-order valence-electron chi connectivity index (χ0n) is 19.3. The smallest absolute Gasteiger partial charge is 0.339 e. The lowest BCUT2D eigenvalue weighted by Gasteiger charge is -2.17. The molecule has 0 aromatic heterocycles. The zero-order valence-corrected chi connectivity index (χ0v) is 20.3. The molecule has 0 spiro atoms. The third-order valence-corrected chi connectivity index (χ3v) is 6.57. The molecule has 5 rings (SSSR count). The van der Waals surface area contributed by atoms with E-state index in [-0.39, 0.29) is 19.4 Å². The van der Waals surface area contributed by atoms with Gasteiger partial charge in [-0.25, -0.2) is 4.79 Å². The quantitative estimate of drug-likeness (QED) is 0.306. The highest BCUT2D eigenvalue weighted by molar-refractivity contribution is 6.83. The number of esters is 1. The van der Waals surface area contributed by atoms with Crippen LogP contribution >= 0.6 is 0 Å². The summed E-state index contributed by atoms with van der Waals surface area (Å²) in [5.74, 6) is 5.53. The van der Waals surface area contributed by atoms with E-state index in [0.717, 1.165) is 33.0 Å². The van der Waals surface area contributed by atoms with E-state index in [0.29, 0.717) is 28.6 Å². The van der Waals surface area contributed by atoms with Crippen molar-refractivity contribution in [1.82, 2.24) is 0 Å². The Balaban J connectivity index is 1.91. The first-order chi connectivity index (χ1) is 15.8. The van der Waals surface area contributed by atoms with Gasteiger partial charge >= 0.3 is 5.97 Å². The average molecular weight is 461 g/mol. The Hall–Kier alpha value is -3.63. The third-order valence-electron chi connectivity index (χ3n) is 5.69. The number of methoxy groups -OCH3 is 2. The highest BCUT2D eigenvalue weighted by atomic mass is 28.3. The number of hydrogen-bond acceptors (Lipinski definition) is 6. The van der Waals surface area contributed by atoms with Crippen LogP contribution in [0.15, 0.2) is 30.3 Å². The number of ether oxygens (including phenoxy) is 5. The van der Waals surface area contributed by atoms with Crippen molar-refractivity contribution in [3.8, 4) is 45.6 Å². The van der Waals surface area contributed by atoms with Crippen LogP contribution in [0.2, 0.25) is 19.6 Å². The summed E-state index contributed by atoms with van der Waals surface area (Å²) < 4.78 is 27.8. The molecule has 2 aliphatic heterocycles. The summed E-state index contributed by atoms with van der Waals surface area (Å²) in [7, 11) is 1.52. The zero-order chi connectivity index (χ0) is 23.3. The second-order valence-corrected chi connectivity index (χ2v) is 13.8. The van der Waals surface area contributed by atoms with Crippen molar-refractivity contribution in [3.63, 3.8) is 0 Å². The van der Waals surface area contributed by atoms with E-state index in [4.69, 9.17) is 23.7 Å². The van der Waals surface area contributed by atoms with Crippen LogP contribution in [-0.2, 0) is 11.3 Å². The van der Waals surface area contributed by atoms with E-state index < -0.39 is 8.07 Å². The monoisotopic (exact) mass is 460 g/mol. The molecule has 3 aromatic carbocycles. The van der Waals surface area contributed by atoms with Crippen LogP contribution in [0.25, 0.3) is 21.9 Å². The van der Waals surface area contributed by atoms with Crippen molar-refractivity contribution >= 4 is 24.8 Å². The van der Waals surface area contributed by atoms with E-state index in [1.165, 1.54) is 0 Å². The van der Waals surface area contributed by atoms with Gasteiger partial charge in [0.15, 0.2) is 23.0 Å². The molecule has 0 saturated carbocycles. The van der Waals surface area contributed by atoms with Crippen molar-refractivity contribution in [2.75, 3.05) is 21.0 Å². The second-order valence-electron chi connectivity index (χ2n) is 9.00. The van der Waals surface area contributed by atoms with Crippen LogP contribution < -0.4 is 18.9 Å². The summed E-state index contributed by atoms with van der Waals surface area (Å²) in [6, 6.07) is 9.52. The molecule has 2 aliphatic rings. The lowest BCUT2D eigenvalue weighted by atomic mass is 9.86. The summed E-state index contributed by atoms with van der Waals surface area (Å²) in [5.41, 5.74) is 7.19. The van der Waals surface area contributed by atoms with E-state index >= 15 is 0 Å². The summed E-state index contributed by atoms with van der Waals surface area (Å²) in [4.78, 5) is 13.0. The molecule has 0 atom stereocenters. The van der Waals surface area contributed by atoms with Crippen molar-refractivity contribution in [2.45, 2.75) is 26.2 Å².